The van der Waals surface area contributed by atoms with Crippen LogP contribution in [-0.4, -0.2) is 35.9 Å². The van der Waals surface area contributed by atoms with Crippen LogP contribution in [0.2, 0.25) is 6.55 Å². The normalized spacial score (nSPS) is 24.8. The van der Waals surface area contributed by atoms with E-state index in [9.17, 15) is 0 Å². The zero-order chi connectivity index (χ0) is 8.32. The Hall–Kier alpha value is 0.0569. The fourth-order valence-electron chi connectivity index (χ4n) is 0.725. The predicted molar refractivity (Wildman–Crippen MR) is 41.1 cm³/mol. The van der Waals surface area contributed by atoms with Crippen LogP contribution in [0.25, 0.3) is 0 Å². The molecule has 0 saturated carbocycles. The maximum absolute atomic E-state index is 5.44. The first-order chi connectivity index (χ1) is 5.20. The lowest BCUT2D eigenvalue weighted by Gasteiger charge is -2.32. The van der Waals surface area contributed by atoms with Gasteiger partial charge in [-0.1, -0.05) is 0 Å². The molecule has 0 aromatic heterocycles. The largest absolute Gasteiger partial charge is 0.499 e. The van der Waals surface area contributed by atoms with Gasteiger partial charge in [-0.2, -0.15) is 0 Å². The number of rotatable bonds is 4. The second-order valence-electron chi connectivity index (χ2n) is 2.48. The first kappa shape index (κ1) is 9.15. The maximum atomic E-state index is 5.44. The lowest BCUT2D eigenvalue weighted by molar-refractivity contribution is -0.188. The zero-order valence-electron chi connectivity index (χ0n) is 7.12. The number of hydrogen-bond donors (Lipinski definition) is 0. The number of ether oxygens (including phenoxy) is 1. The molecule has 0 bridgehead atoms. The van der Waals surface area contributed by atoms with Gasteiger partial charge in [-0.15, -0.1) is 0 Å². The highest BCUT2D eigenvalue weighted by molar-refractivity contribution is 6.59. The average Bonchev–Trinajstić information content (AvgIpc) is 1.97. The van der Waals surface area contributed by atoms with E-state index in [2.05, 4.69) is 0 Å². The van der Waals surface area contributed by atoms with Gasteiger partial charge in [0.05, 0.1) is 6.61 Å². The molecule has 0 aliphatic carbocycles. The van der Waals surface area contributed by atoms with Crippen molar-refractivity contribution in [3.8, 4) is 0 Å². The molecule has 1 aliphatic heterocycles. The van der Waals surface area contributed by atoms with E-state index >= 15 is 0 Å². The highest BCUT2D eigenvalue weighted by atomic mass is 28.4. The summed E-state index contributed by atoms with van der Waals surface area (Å²) in [5, 5.41) is 0. The molecule has 0 aromatic rings. The van der Waals surface area contributed by atoms with Crippen LogP contribution in [0.5, 0.6) is 0 Å². The highest BCUT2D eigenvalue weighted by Crippen LogP contribution is 2.18. The third kappa shape index (κ3) is 2.24. The first-order valence-corrected chi connectivity index (χ1v) is 5.82. The Kier molecular flexibility index (Phi) is 3.03. The molecular formula is C6H14O4Si. The van der Waals surface area contributed by atoms with Gasteiger partial charge in [0.25, 0.3) is 0 Å². The van der Waals surface area contributed by atoms with Crippen LogP contribution >= 0.6 is 0 Å². The summed E-state index contributed by atoms with van der Waals surface area (Å²) >= 11 is 0. The molecule has 1 saturated heterocycles. The molecule has 1 rings (SSSR count). The highest BCUT2D eigenvalue weighted by Gasteiger charge is 2.37. The van der Waals surface area contributed by atoms with E-state index in [1.54, 1.807) is 14.2 Å². The molecule has 1 atom stereocenters. The maximum Gasteiger partial charge on any atom is 0.499 e. The van der Waals surface area contributed by atoms with Crippen molar-refractivity contribution in [2.75, 3.05) is 20.8 Å². The Balaban J connectivity index is 2.29. The SMILES string of the molecule is CO[Si](C)(OC)OC1CCO1. The Morgan fingerprint density at radius 3 is 2.18 bits per heavy atom. The Morgan fingerprint density at radius 2 is 1.91 bits per heavy atom. The Labute approximate surface area is 67.8 Å². The van der Waals surface area contributed by atoms with Crippen LogP contribution in [0.3, 0.4) is 0 Å². The van der Waals surface area contributed by atoms with Gasteiger partial charge in [0, 0.05) is 27.2 Å². The summed E-state index contributed by atoms with van der Waals surface area (Å²) in [4.78, 5) is 0. The van der Waals surface area contributed by atoms with Crippen molar-refractivity contribution < 1.29 is 18.0 Å². The van der Waals surface area contributed by atoms with Gasteiger partial charge in [-0.05, 0) is 0 Å². The lowest BCUT2D eigenvalue weighted by Crippen LogP contribution is -2.47. The van der Waals surface area contributed by atoms with E-state index in [4.69, 9.17) is 18.0 Å². The van der Waals surface area contributed by atoms with E-state index in [1.807, 2.05) is 6.55 Å². The molecule has 1 unspecified atom stereocenters. The standard InChI is InChI=1S/C6H14O4Si/c1-7-11(3,8-2)10-6-4-5-9-6/h6H,4-5H2,1-3H3. The van der Waals surface area contributed by atoms with E-state index < -0.39 is 8.80 Å². The summed E-state index contributed by atoms with van der Waals surface area (Å²) in [6.45, 7) is 2.62. The molecule has 5 heteroatoms. The second kappa shape index (κ2) is 3.64. The summed E-state index contributed by atoms with van der Waals surface area (Å²) in [7, 11) is 0.828. The third-order valence-corrected chi connectivity index (χ3v) is 3.92. The zero-order valence-corrected chi connectivity index (χ0v) is 8.12. The van der Waals surface area contributed by atoms with Crippen molar-refractivity contribution in [2.24, 2.45) is 0 Å². The number of hydrogen-bond acceptors (Lipinski definition) is 4. The monoisotopic (exact) mass is 178 g/mol. The molecule has 0 radical (unpaired) electrons. The lowest BCUT2D eigenvalue weighted by atomic mass is 10.4. The van der Waals surface area contributed by atoms with Crippen LogP contribution < -0.4 is 0 Å². The van der Waals surface area contributed by atoms with Crippen molar-refractivity contribution >= 4 is 8.80 Å². The van der Waals surface area contributed by atoms with Gasteiger partial charge in [0.2, 0.25) is 0 Å². The van der Waals surface area contributed by atoms with Crippen LogP contribution in [-0.2, 0) is 18.0 Å². The molecular weight excluding hydrogens is 164 g/mol. The molecule has 66 valence electrons. The third-order valence-electron chi connectivity index (χ3n) is 1.74. The molecule has 0 N–H and O–H groups in total. The van der Waals surface area contributed by atoms with Crippen LogP contribution in [0.1, 0.15) is 6.42 Å². The van der Waals surface area contributed by atoms with E-state index in [1.165, 1.54) is 0 Å². The van der Waals surface area contributed by atoms with Crippen molar-refractivity contribution in [2.45, 2.75) is 19.3 Å². The van der Waals surface area contributed by atoms with Gasteiger partial charge in [-0.3, -0.25) is 0 Å². The summed E-state index contributed by atoms with van der Waals surface area (Å²) in [5.74, 6) is 0. The minimum atomic E-state index is -2.36. The Bertz CT molecular complexity index is 122. The molecule has 0 amide bonds. The molecule has 0 spiro atoms. The topological polar surface area (TPSA) is 36.9 Å². The van der Waals surface area contributed by atoms with Gasteiger partial charge in [0.1, 0.15) is 0 Å². The fraction of sp³-hybridized carbons (Fsp3) is 1.00. The first-order valence-electron chi connectivity index (χ1n) is 3.60. The fourth-order valence-corrected chi connectivity index (χ4v) is 1.75. The average molecular weight is 178 g/mol. The van der Waals surface area contributed by atoms with Gasteiger partial charge in [0.15, 0.2) is 6.29 Å². The van der Waals surface area contributed by atoms with Crippen molar-refractivity contribution in [1.29, 1.82) is 0 Å². The van der Waals surface area contributed by atoms with Gasteiger partial charge >= 0.3 is 8.80 Å². The summed E-state index contributed by atoms with van der Waals surface area (Å²) in [5.41, 5.74) is 0. The second-order valence-corrected chi connectivity index (χ2v) is 5.25. The van der Waals surface area contributed by atoms with Crippen molar-refractivity contribution in [3.05, 3.63) is 0 Å². The van der Waals surface area contributed by atoms with E-state index in [0.717, 1.165) is 13.0 Å². The summed E-state index contributed by atoms with van der Waals surface area (Å²) in [6.07, 6.45) is 0.835. The minimum absolute atomic E-state index is 0.105. The van der Waals surface area contributed by atoms with Crippen LogP contribution in [0.15, 0.2) is 0 Å². The van der Waals surface area contributed by atoms with Crippen molar-refractivity contribution in [3.63, 3.8) is 0 Å². The minimum Gasteiger partial charge on any atom is -0.377 e. The van der Waals surface area contributed by atoms with E-state index in [0.29, 0.717) is 0 Å². The van der Waals surface area contributed by atoms with Gasteiger partial charge < -0.3 is 18.0 Å². The molecule has 4 nitrogen and oxygen atoms in total. The Morgan fingerprint density at radius 1 is 1.36 bits per heavy atom. The smallest absolute Gasteiger partial charge is 0.377 e. The summed E-state index contributed by atoms with van der Waals surface area (Å²) in [6, 6.07) is 0. The van der Waals surface area contributed by atoms with Crippen LogP contribution in [0.4, 0.5) is 0 Å². The van der Waals surface area contributed by atoms with E-state index in [-0.39, 0.29) is 6.29 Å². The summed E-state index contributed by atoms with van der Waals surface area (Å²) < 4.78 is 20.7. The van der Waals surface area contributed by atoms with Gasteiger partial charge in [-0.25, -0.2) is 0 Å². The molecule has 1 fully saturated rings. The quantitative estimate of drug-likeness (QED) is 0.591. The van der Waals surface area contributed by atoms with Crippen LogP contribution in [0, 0.1) is 0 Å². The van der Waals surface area contributed by atoms with Crippen molar-refractivity contribution in [1.82, 2.24) is 0 Å². The molecule has 11 heavy (non-hydrogen) atoms. The molecule has 1 aliphatic rings. The predicted octanol–water partition coefficient (Wildman–Crippen LogP) is 0.611. The molecule has 1 heterocycles. The molecule has 0 aromatic carbocycles.